The highest BCUT2D eigenvalue weighted by atomic mass is 16.3. The van der Waals surface area contributed by atoms with Crippen molar-refractivity contribution in [1.29, 1.82) is 0 Å². The van der Waals surface area contributed by atoms with E-state index in [1.165, 1.54) is 31.2 Å². The third-order valence-corrected chi connectivity index (χ3v) is 3.85. The monoisotopic (exact) mass is 248 g/mol. The van der Waals surface area contributed by atoms with Crippen molar-refractivity contribution in [3.63, 3.8) is 0 Å². The molecule has 1 aromatic rings. The molecule has 3 heteroatoms. The largest absolute Gasteiger partial charge is 0.392 e. The highest BCUT2D eigenvalue weighted by Crippen LogP contribution is 2.24. The molecule has 1 aliphatic carbocycles. The zero-order valence-corrected chi connectivity index (χ0v) is 11.0. The first kappa shape index (κ1) is 13.5. The van der Waals surface area contributed by atoms with Crippen LogP contribution in [0.4, 0.5) is 0 Å². The Labute approximate surface area is 110 Å². The second-order valence-corrected chi connectivity index (χ2v) is 5.17. The van der Waals surface area contributed by atoms with E-state index in [1.807, 2.05) is 12.1 Å². The quantitative estimate of drug-likeness (QED) is 0.808. The number of rotatable bonds is 6. The normalized spacial score (nSPS) is 16.6. The van der Waals surface area contributed by atoms with Crippen LogP contribution in [0, 0.1) is 0 Å². The van der Waals surface area contributed by atoms with Crippen LogP contribution in [0.15, 0.2) is 24.3 Å². The average Bonchev–Trinajstić information content (AvgIpc) is 2.93. The van der Waals surface area contributed by atoms with Gasteiger partial charge >= 0.3 is 0 Å². The molecule has 3 N–H and O–H groups in total. The van der Waals surface area contributed by atoms with Gasteiger partial charge in [-0.15, -0.1) is 0 Å². The van der Waals surface area contributed by atoms with E-state index in [0.29, 0.717) is 6.04 Å². The summed E-state index contributed by atoms with van der Waals surface area (Å²) in [6, 6.07) is 8.95. The van der Waals surface area contributed by atoms with Crippen LogP contribution in [0.25, 0.3) is 0 Å². The second-order valence-electron chi connectivity index (χ2n) is 5.17. The van der Waals surface area contributed by atoms with E-state index < -0.39 is 0 Å². The molecule has 1 saturated carbocycles. The van der Waals surface area contributed by atoms with E-state index >= 15 is 0 Å². The number of nitrogens with two attached hydrogens (primary N) is 1. The second kappa shape index (κ2) is 6.88. The van der Waals surface area contributed by atoms with Crippen molar-refractivity contribution in [2.45, 2.75) is 44.9 Å². The Morgan fingerprint density at radius 2 is 1.72 bits per heavy atom. The van der Waals surface area contributed by atoms with E-state index in [-0.39, 0.29) is 6.61 Å². The van der Waals surface area contributed by atoms with E-state index in [1.54, 1.807) is 0 Å². The van der Waals surface area contributed by atoms with Gasteiger partial charge in [0, 0.05) is 25.7 Å². The van der Waals surface area contributed by atoms with Crippen LogP contribution in [0.2, 0.25) is 0 Å². The summed E-state index contributed by atoms with van der Waals surface area (Å²) in [6.45, 7) is 2.81. The molecule has 1 fully saturated rings. The predicted molar refractivity (Wildman–Crippen MR) is 74.1 cm³/mol. The number of nitrogens with zero attached hydrogens (tertiary/aromatic N) is 1. The molecule has 0 aromatic heterocycles. The first-order valence-corrected chi connectivity index (χ1v) is 6.96. The van der Waals surface area contributed by atoms with Gasteiger partial charge in [0.2, 0.25) is 0 Å². The minimum absolute atomic E-state index is 0.120. The molecule has 2 rings (SSSR count). The highest BCUT2D eigenvalue weighted by molar-refractivity contribution is 5.22. The van der Waals surface area contributed by atoms with Crippen molar-refractivity contribution >= 4 is 0 Å². The minimum atomic E-state index is 0.120. The SMILES string of the molecule is NCCN(Cc1ccc(CO)cc1)C1CCCC1. The molecule has 0 saturated heterocycles. The Morgan fingerprint density at radius 1 is 1.11 bits per heavy atom. The molecule has 0 aliphatic heterocycles. The molecule has 3 nitrogen and oxygen atoms in total. The van der Waals surface area contributed by atoms with E-state index in [2.05, 4.69) is 17.0 Å². The highest BCUT2D eigenvalue weighted by Gasteiger charge is 2.21. The van der Waals surface area contributed by atoms with Crippen LogP contribution in [-0.4, -0.2) is 29.1 Å². The van der Waals surface area contributed by atoms with Gasteiger partial charge in [0.15, 0.2) is 0 Å². The third-order valence-electron chi connectivity index (χ3n) is 3.85. The van der Waals surface area contributed by atoms with Crippen LogP contribution in [0.3, 0.4) is 0 Å². The van der Waals surface area contributed by atoms with Crippen molar-refractivity contribution < 1.29 is 5.11 Å². The summed E-state index contributed by atoms with van der Waals surface area (Å²) >= 11 is 0. The van der Waals surface area contributed by atoms with Gasteiger partial charge in [0.05, 0.1) is 6.61 Å². The fraction of sp³-hybridized carbons (Fsp3) is 0.600. The summed E-state index contributed by atoms with van der Waals surface area (Å²) in [7, 11) is 0. The molecule has 100 valence electrons. The van der Waals surface area contributed by atoms with Gasteiger partial charge < -0.3 is 10.8 Å². The number of hydrogen-bond acceptors (Lipinski definition) is 3. The lowest BCUT2D eigenvalue weighted by Crippen LogP contribution is -2.36. The van der Waals surface area contributed by atoms with Crippen molar-refractivity contribution in [2.75, 3.05) is 13.1 Å². The Bertz CT molecular complexity index is 344. The number of benzene rings is 1. The molecular weight excluding hydrogens is 224 g/mol. The standard InChI is InChI=1S/C15H24N2O/c16-9-10-17(15-3-1-2-4-15)11-13-5-7-14(12-18)8-6-13/h5-8,15,18H,1-4,9-12,16H2. The molecule has 0 heterocycles. The summed E-state index contributed by atoms with van der Waals surface area (Å²) in [4.78, 5) is 2.51. The molecule has 0 spiro atoms. The van der Waals surface area contributed by atoms with Gasteiger partial charge in [-0.3, -0.25) is 4.90 Å². The lowest BCUT2D eigenvalue weighted by Gasteiger charge is -2.28. The lowest BCUT2D eigenvalue weighted by atomic mass is 10.1. The molecule has 0 atom stereocenters. The van der Waals surface area contributed by atoms with Crippen molar-refractivity contribution in [2.24, 2.45) is 5.73 Å². The fourth-order valence-electron chi connectivity index (χ4n) is 2.81. The van der Waals surface area contributed by atoms with Crippen molar-refractivity contribution in [3.8, 4) is 0 Å². The van der Waals surface area contributed by atoms with Gasteiger partial charge in [0.1, 0.15) is 0 Å². The van der Waals surface area contributed by atoms with Crippen LogP contribution >= 0.6 is 0 Å². The van der Waals surface area contributed by atoms with E-state index in [4.69, 9.17) is 10.8 Å². The topological polar surface area (TPSA) is 49.5 Å². The first-order chi connectivity index (χ1) is 8.83. The maximum atomic E-state index is 9.04. The molecule has 0 bridgehead atoms. The van der Waals surface area contributed by atoms with Gasteiger partial charge in [-0.05, 0) is 24.0 Å². The number of aliphatic hydroxyl groups is 1. The number of hydrogen-bond donors (Lipinski definition) is 2. The average molecular weight is 248 g/mol. The van der Waals surface area contributed by atoms with E-state index in [0.717, 1.165) is 25.2 Å². The summed E-state index contributed by atoms with van der Waals surface area (Å²) < 4.78 is 0. The predicted octanol–water partition coefficient (Wildman–Crippen LogP) is 1.88. The Morgan fingerprint density at radius 3 is 2.28 bits per heavy atom. The Kier molecular flexibility index (Phi) is 5.17. The van der Waals surface area contributed by atoms with Crippen LogP contribution < -0.4 is 5.73 Å². The molecule has 0 radical (unpaired) electrons. The van der Waals surface area contributed by atoms with Crippen molar-refractivity contribution in [1.82, 2.24) is 4.90 Å². The first-order valence-electron chi connectivity index (χ1n) is 6.96. The Balaban J connectivity index is 1.98. The van der Waals surface area contributed by atoms with Gasteiger partial charge in [0.25, 0.3) is 0 Å². The molecule has 0 unspecified atom stereocenters. The molecule has 1 aromatic carbocycles. The summed E-state index contributed by atoms with van der Waals surface area (Å²) in [5, 5.41) is 9.04. The molecule has 18 heavy (non-hydrogen) atoms. The minimum Gasteiger partial charge on any atom is -0.392 e. The summed E-state index contributed by atoms with van der Waals surface area (Å²) in [5.74, 6) is 0. The van der Waals surface area contributed by atoms with Gasteiger partial charge in [-0.1, -0.05) is 37.1 Å². The summed E-state index contributed by atoms with van der Waals surface area (Å²) in [5.41, 5.74) is 8.01. The molecule has 0 amide bonds. The Hall–Kier alpha value is -0.900. The summed E-state index contributed by atoms with van der Waals surface area (Å²) in [6.07, 6.45) is 5.34. The van der Waals surface area contributed by atoms with Crippen LogP contribution in [0.5, 0.6) is 0 Å². The third kappa shape index (κ3) is 3.55. The lowest BCUT2D eigenvalue weighted by molar-refractivity contribution is 0.195. The zero-order valence-electron chi connectivity index (χ0n) is 11.0. The van der Waals surface area contributed by atoms with Gasteiger partial charge in [-0.25, -0.2) is 0 Å². The smallest absolute Gasteiger partial charge is 0.0681 e. The fourth-order valence-corrected chi connectivity index (χ4v) is 2.81. The maximum Gasteiger partial charge on any atom is 0.0681 e. The van der Waals surface area contributed by atoms with Crippen LogP contribution in [0.1, 0.15) is 36.8 Å². The molecule has 1 aliphatic rings. The van der Waals surface area contributed by atoms with E-state index in [9.17, 15) is 0 Å². The van der Waals surface area contributed by atoms with Crippen molar-refractivity contribution in [3.05, 3.63) is 35.4 Å². The zero-order chi connectivity index (χ0) is 12.8. The van der Waals surface area contributed by atoms with Gasteiger partial charge in [-0.2, -0.15) is 0 Å². The van der Waals surface area contributed by atoms with Crippen LogP contribution in [-0.2, 0) is 13.2 Å². The molecular formula is C15H24N2O. The maximum absolute atomic E-state index is 9.04. The number of aliphatic hydroxyl groups excluding tert-OH is 1.